The first kappa shape index (κ1) is 17.7. The van der Waals surface area contributed by atoms with Crippen LogP contribution in [0.15, 0.2) is 42.5 Å². The standard InChI is InChI=1S/C17H16F3NO3/c1-23-14-8-7-11(9-15(14)24-2)16(22)21-10-12-5-3-4-6-13(12)17(18,19)20/h3-9H,10H2,1-2H3,(H,21,22). The van der Waals surface area contributed by atoms with Crippen LogP contribution in [0.5, 0.6) is 11.5 Å². The Morgan fingerprint density at radius 2 is 1.71 bits per heavy atom. The van der Waals surface area contributed by atoms with E-state index in [4.69, 9.17) is 9.47 Å². The molecule has 0 fully saturated rings. The van der Waals surface area contributed by atoms with Gasteiger partial charge in [0.2, 0.25) is 0 Å². The molecule has 0 aromatic heterocycles. The summed E-state index contributed by atoms with van der Waals surface area (Å²) in [4.78, 5) is 12.2. The smallest absolute Gasteiger partial charge is 0.416 e. The minimum atomic E-state index is -4.47. The van der Waals surface area contributed by atoms with Gasteiger partial charge in [-0.1, -0.05) is 18.2 Å². The fourth-order valence-electron chi connectivity index (χ4n) is 2.21. The van der Waals surface area contributed by atoms with Crippen LogP contribution in [0.25, 0.3) is 0 Å². The lowest BCUT2D eigenvalue weighted by Gasteiger charge is -2.14. The normalized spacial score (nSPS) is 11.0. The van der Waals surface area contributed by atoms with Crippen molar-refractivity contribution in [2.45, 2.75) is 12.7 Å². The van der Waals surface area contributed by atoms with Crippen LogP contribution >= 0.6 is 0 Å². The summed E-state index contributed by atoms with van der Waals surface area (Å²) in [5.74, 6) is 0.310. The van der Waals surface area contributed by atoms with Crippen LogP contribution in [-0.4, -0.2) is 20.1 Å². The van der Waals surface area contributed by atoms with Gasteiger partial charge >= 0.3 is 6.18 Å². The summed E-state index contributed by atoms with van der Waals surface area (Å²) in [6.45, 7) is -0.233. The molecule has 0 heterocycles. The van der Waals surface area contributed by atoms with Gasteiger partial charge in [-0.05, 0) is 29.8 Å². The second-order valence-electron chi connectivity index (χ2n) is 4.91. The second-order valence-corrected chi connectivity index (χ2v) is 4.91. The van der Waals surface area contributed by atoms with Gasteiger partial charge in [0, 0.05) is 12.1 Å². The molecule has 0 radical (unpaired) electrons. The van der Waals surface area contributed by atoms with E-state index >= 15 is 0 Å². The predicted octanol–water partition coefficient (Wildman–Crippen LogP) is 3.65. The number of rotatable bonds is 5. The van der Waals surface area contributed by atoms with Gasteiger partial charge in [-0.25, -0.2) is 0 Å². The fourth-order valence-corrected chi connectivity index (χ4v) is 2.21. The maximum absolute atomic E-state index is 12.9. The fraction of sp³-hybridized carbons (Fsp3) is 0.235. The molecule has 7 heteroatoms. The third-order valence-electron chi connectivity index (χ3n) is 3.41. The van der Waals surface area contributed by atoms with E-state index in [-0.39, 0.29) is 17.7 Å². The summed E-state index contributed by atoms with van der Waals surface area (Å²) in [7, 11) is 2.89. The Morgan fingerprint density at radius 1 is 1.04 bits per heavy atom. The average Bonchev–Trinajstić information content (AvgIpc) is 2.58. The Balaban J connectivity index is 2.15. The molecule has 0 atom stereocenters. The molecule has 0 aliphatic carbocycles. The molecule has 128 valence electrons. The average molecular weight is 339 g/mol. The quantitative estimate of drug-likeness (QED) is 0.904. The Morgan fingerprint density at radius 3 is 2.33 bits per heavy atom. The monoisotopic (exact) mass is 339 g/mol. The first-order valence-electron chi connectivity index (χ1n) is 7.02. The van der Waals surface area contributed by atoms with Crippen molar-refractivity contribution in [3.63, 3.8) is 0 Å². The van der Waals surface area contributed by atoms with Crippen LogP contribution in [-0.2, 0) is 12.7 Å². The SMILES string of the molecule is COc1ccc(C(=O)NCc2ccccc2C(F)(F)F)cc1OC. The van der Waals surface area contributed by atoms with Crippen LogP contribution in [0.1, 0.15) is 21.5 Å². The van der Waals surface area contributed by atoms with Crippen LogP contribution in [0.4, 0.5) is 13.2 Å². The van der Waals surface area contributed by atoms with E-state index in [1.165, 1.54) is 44.6 Å². The summed E-state index contributed by atoms with van der Waals surface area (Å²) in [6, 6.07) is 9.64. The summed E-state index contributed by atoms with van der Waals surface area (Å²) in [5.41, 5.74) is -0.506. The molecule has 0 bridgehead atoms. The van der Waals surface area contributed by atoms with Crippen LogP contribution in [0, 0.1) is 0 Å². The van der Waals surface area contributed by atoms with E-state index in [1.54, 1.807) is 6.07 Å². The molecule has 1 N–H and O–H groups in total. The van der Waals surface area contributed by atoms with Gasteiger partial charge in [0.05, 0.1) is 19.8 Å². The topological polar surface area (TPSA) is 47.6 Å². The van der Waals surface area contributed by atoms with Crippen molar-refractivity contribution >= 4 is 5.91 Å². The third-order valence-corrected chi connectivity index (χ3v) is 3.41. The summed E-state index contributed by atoms with van der Waals surface area (Å²) >= 11 is 0. The zero-order chi connectivity index (χ0) is 17.7. The number of methoxy groups -OCH3 is 2. The van der Waals surface area contributed by atoms with Gasteiger partial charge in [0.25, 0.3) is 5.91 Å². The largest absolute Gasteiger partial charge is 0.493 e. The molecule has 2 aromatic rings. The zero-order valence-corrected chi connectivity index (χ0v) is 13.1. The van der Waals surface area contributed by atoms with E-state index in [0.717, 1.165) is 6.07 Å². The molecular formula is C17H16F3NO3. The molecule has 1 amide bonds. The molecule has 0 saturated heterocycles. The van der Waals surface area contributed by atoms with Gasteiger partial charge in [0.1, 0.15) is 0 Å². The number of carbonyl (C=O) groups is 1. The van der Waals surface area contributed by atoms with Gasteiger partial charge in [-0.2, -0.15) is 13.2 Å². The highest BCUT2D eigenvalue weighted by molar-refractivity contribution is 5.94. The van der Waals surface area contributed by atoms with Crippen molar-refractivity contribution < 1.29 is 27.4 Å². The number of nitrogens with one attached hydrogen (secondary N) is 1. The Bertz CT molecular complexity index is 729. The molecule has 0 spiro atoms. The molecule has 0 aliphatic heterocycles. The van der Waals surface area contributed by atoms with E-state index in [1.807, 2.05) is 0 Å². The number of benzene rings is 2. The zero-order valence-electron chi connectivity index (χ0n) is 13.1. The van der Waals surface area contributed by atoms with Crippen molar-refractivity contribution in [2.75, 3.05) is 14.2 Å². The highest BCUT2D eigenvalue weighted by Gasteiger charge is 2.32. The van der Waals surface area contributed by atoms with Crippen molar-refractivity contribution in [3.05, 3.63) is 59.2 Å². The minimum absolute atomic E-state index is 0.00109. The van der Waals surface area contributed by atoms with Gasteiger partial charge < -0.3 is 14.8 Å². The number of hydrogen-bond donors (Lipinski definition) is 1. The molecule has 4 nitrogen and oxygen atoms in total. The van der Waals surface area contributed by atoms with Gasteiger partial charge in [0.15, 0.2) is 11.5 Å². The molecule has 0 aliphatic rings. The number of carbonyl (C=O) groups excluding carboxylic acids is 1. The summed E-state index contributed by atoms with van der Waals surface area (Å²) < 4.78 is 49.0. The van der Waals surface area contributed by atoms with E-state index in [2.05, 4.69) is 5.32 Å². The Labute approximate surface area is 137 Å². The van der Waals surface area contributed by atoms with Crippen LogP contribution in [0.3, 0.4) is 0 Å². The lowest BCUT2D eigenvalue weighted by Crippen LogP contribution is -2.24. The molecular weight excluding hydrogens is 323 g/mol. The number of amides is 1. The summed E-state index contributed by atoms with van der Waals surface area (Å²) in [5, 5.41) is 2.48. The molecule has 0 unspecified atom stereocenters. The van der Waals surface area contributed by atoms with Gasteiger partial charge in [-0.15, -0.1) is 0 Å². The van der Waals surface area contributed by atoms with Gasteiger partial charge in [-0.3, -0.25) is 4.79 Å². The molecule has 0 saturated carbocycles. The van der Waals surface area contributed by atoms with Crippen molar-refractivity contribution in [1.82, 2.24) is 5.32 Å². The first-order valence-corrected chi connectivity index (χ1v) is 7.02. The molecule has 2 aromatic carbocycles. The minimum Gasteiger partial charge on any atom is -0.493 e. The lowest BCUT2D eigenvalue weighted by atomic mass is 10.1. The highest BCUT2D eigenvalue weighted by atomic mass is 19.4. The maximum Gasteiger partial charge on any atom is 0.416 e. The number of ether oxygens (including phenoxy) is 2. The number of halogens is 3. The van der Waals surface area contributed by atoms with Crippen molar-refractivity contribution in [1.29, 1.82) is 0 Å². The summed E-state index contributed by atoms with van der Waals surface area (Å²) in [6.07, 6.45) is -4.47. The van der Waals surface area contributed by atoms with Crippen molar-refractivity contribution in [3.8, 4) is 11.5 Å². The van der Waals surface area contributed by atoms with Crippen LogP contribution < -0.4 is 14.8 Å². The first-order chi connectivity index (χ1) is 11.4. The highest BCUT2D eigenvalue weighted by Crippen LogP contribution is 2.32. The number of alkyl halides is 3. The lowest BCUT2D eigenvalue weighted by molar-refractivity contribution is -0.138. The van der Waals surface area contributed by atoms with Crippen molar-refractivity contribution in [2.24, 2.45) is 0 Å². The third kappa shape index (κ3) is 3.98. The molecule has 24 heavy (non-hydrogen) atoms. The molecule has 2 rings (SSSR count). The Hall–Kier alpha value is -2.70. The van der Waals surface area contributed by atoms with E-state index in [0.29, 0.717) is 11.5 Å². The predicted molar refractivity (Wildman–Crippen MR) is 82.2 cm³/mol. The van der Waals surface area contributed by atoms with Crippen LogP contribution in [0.2, 0.25) is 0 Å². The Kier molecular flexibility index (Phi) is 5.33. The second kappa shape index (κ2) is 7.25. The number of hydrogen-bond acceptors (Lipinski definition) is 3. The van der Waals surface area contributed by atoms with E-state index < -0.39 is 17.6 Å². The maximum atomic E-state index is 12.9. The van der Waals surface area contributed by atoms with E-state index in [9.17, 15) is 18.0 Å².